The maximum atomic E-state index is 13.7. The highest BCUT2D eigenvalue weighted by molar-refractivity contribution is 6.00. The van der Waals surface area contributed by atoms with E-state index in [9.17, 15) is 19.2 Å². The van der Waals surface area contributed by atoms with Crippen LogP contribution in [0.3, 0.4) is 0 Å². The standard InChI is InChI=1S/C55H64N10O5/c1-60-42(31-44-43(14-21-56-52(44)60)41-9-10-45-46(30-41)58-50(57-45)34-70-3)33-63-24-19-39(20-25-63)38-5-7-40(8-6-38)54(68)64-26-17-36(18-27-64)32-62-22-15-35(16-23-62)28-37-4-11-47-49(29-37)65(55(69)61(47)2)48-12-13-51(66)59-53(48)67/h4-11,14,21,29-31,35-36,39,48H,12-13,15-20,22-28,32-34H2,1-3H3,(H,57,58)(H,59,66,67). The molecule has 0 saturated carbocycles. The molecule has 1 unspecified atom stereocenters. The number of imidazole rings is 2. The van der Waals surface area contributed by atoms with Gasteiger partial charge in [0.15, 0.2) is 0 Å². The van der Waals surface area contributed by atoms with E-state index in [4.69, 9.17) is 9.72 Å². The number of aromatic amines is 1. The van der Waals surface area contributed by atoms with Crippen LogP contribution in [-0.2, 0) is 48.0 Å². The van der Waals surface area contributed by atoms with E-state index >= 15 is 0 Å². The zero-order valence-electron chi connectivity index (χ0n) is 40.7. The van der Waals surface area contributed by atoms with Crippen molar-refractivity contribution in [1.29, 1.82) is 0 Å². The number of fused-ring (bicyclic) bond motifs is 3. The summed E-state index contributed by atoms with van der Waals surface area (Å²) >= 11 is 0. The number of pyridine rings is 1. The molecule has 4 aliphatic heterocycles. The zero-order chi connectivity index (χ0) is 48.0. The number of imide groups is 1. The first-order chi connectivity index (χ1) is 34.1. The molecule has 4 saturated heterocycles. The number of carbonyl (C=O) groups is 3. The number of likely N-dealkylation sites (tertiary alicyclic amines) is 3. The van der Waals surface area contributed by atoms with Gasteiger partial charge in [0.25, 0.3) is 5.91 Å². The summed E-state index contributed by atoms with van der Waals surface area (Å²) in [6, 6.07) is 24.8. The first-order valence-corrected chi connectivity index (χ1v) is 25.4. The summed E-state index contributed by atoms with van der Waals surface area (Å²) in [6.07, 6.45) is 9.87. The van der Waals surface area contributed by atoms with Crippen molar-refractivity contribution < 1.29 is 19.1 Å². The molecular weight excluding hydrogens is 881 g/mol. The topological polar surface area (TPSA) is 156 Å². The van der Waals surface area contributed by atoms with Gasteiger partial charge in [0.05, 0.1) is 22.1 Å². The normalized spacial score (nSPS) is 19.5. The van der Waals surface area contributed by atoms with Gasteiger partial charge < -0.3 is 24.1 Å². The number of nitrogens with zero attached hydrogens (tertiary/aromatic N) is 8. The Balaban J connectivity index is 0.630. The third-order valence-corrected chi connectivity index (χ3v) is 16.1. The molecule has 0 radical (unpaired) electrons. The molecule has 4 aromatic heterocycles. The van der Waals surface area contributed by atoms with E-state index in [0.717, 1.165) is 153 Å². The summed E-state index contributed by atoms with van der Waals surface area (Å²) in [5.74, 6) is 1.90. The van der Waals surface area contributed by atoms with Crippen LogP contribution in [0.15, 0.2) is 83.8 Å². The molecule has 11 rings (SSSR count). The van der Waals surface area contributed by atoms with Crippen LogP contribution in [0.2, 0.25) is 0 Å². The van der Waals surface area contributed by atoms with E-state index in [2.05, 4.69) is 108 Å². The van der Waals surface area contributed by atoms with Gasteiger partial charge in [-0.15, -0.1) is 0 Å². The number of ether oxygens (including phenoxy) is 1. The number of H-pyrrole nitrogens is 1. The fourth-order valence-electron chi connectivity index (χ4n) is 12.0. The van der Waals surface area contributed by atoms with Crippen LogP contribution in [-0.4, -0.2) is 114 Å². The lowest BCUT2D eigenvalue weighted by Crippen LogP contribution is -2.44. The minimum atomic E-state index is -0.679. The predicted molar refractivity (Wildman–Crippen MR) is 270 cm³/mol. The van der Waals surface area contributed by atoms with Gasteiger partial charge in [0.1, 0.15) is 24.1 Å². The van der Waals surface area contributed by atoms with Crippen molar-refractivity contribution in [2.75, 3.05) is 52.9 Å². The molecule has 1 atom stereocenters. The van der Waals surface area contributed by atoms with Crippen molar-refractivity contribution in [2.24, 2.45) is 25.9 Å². The molecule has 4 aliphatic rings. The Bertz CT molecular complexity index is 3140. The highest BCUT2D eigenvalue weighted by Crippen LogP contribution is 2.34. The lowest BCUT2D eigenvalue weighted by Gasteiger charge is -2.38. The second-order valence-electron chi connectivity index (χ2n) is 20.5. The number of methoxy groups -OCH3 is 1. The molecule has 0 spiro atoms. The van der Waals surface area contributed by atoms with Crippen molar-refractivity contribution in [3.63, 3.8) is 0 Å². The van der Waals surface area contributed by atoms with Gasteiger partial charge >= 0.3 is 5.69 Å². The van der Waals surface area contributed by atoms with Crippen LogP contribution < -0.4 is 11.0 Å². The third-order valence-electron chi connectivity index (χ3n) is 16.1. The van der Waals surface area contributed by atoms with Gasteiger partial charge in [0, 0.05) is 76.6 Å². The van der Waals surface area contributed by atoms with E-state index in [1.54, 1.807) is 23.3 Å². The Morgan fingerprint density at radius 1 is 0.771 bits per heavy atom. The van der Waals surface area contributed by atoms with Gasteiger partial charge in [-0.2, -0.15) is 0 Å². The second kappa shape index (κ2) is 19.4. The van der Waals surface area contributed by atoms with Crippen LogP contribution >= 0.6 is 0 Å². The summed E-state index contributed by atoms with van der Waals surface area (Å²) in [6.45, 7) is 8.18. The first kappa shape index (κ1) is 46.0. The number of piperidine rings is 4. The average Bonchev–Trinajstić information content (AvgIpc) is 4.01. The van der Waals surface area contributed by atoms with Gasteiger partial charge in [-0.25, -0.2) is 14.8 Å². The number of benzene rings is 3. The SMILES string of the molecule is COCc1nc2ccc(-c3ccnc4c3cc(CN3CCC(c5ccc(C(=O)N6CCC(CN7CCC(Cc8ccc9c(c8)n(C8CCC(=O)NC8=O)c(=O)n9C)CC7)CC6)cc5)CC3)n4C)cc2[nH]1. The van der Waals surface area contributed by atoms with Crippen LogP contribution in [0.5, 0.6) is 0 Å². The summed E-state index contributed by atoms with van der Waals surface area (Å²) < 4.78 is 10.7. The second-order valence-corrected chi connectivity index (χ2v) is 20.5. The molecule has 15 nitrogen and oxygen atoms in total. The van der Waals surface area contributed by atoms with Crippen molar-refractivity contribution >= 4 is 50.8 Å². The maximum absolute atomic E-state index is 13.7. The van der Waals surface area contributed by atoms with E-state index in [1.165, 1.54) is 16.8 Å². The van der Waals surface area contributed by atoms with E-state index in [0.29, 0.717) is 30.8 Å². The number of aromatic nitrogens is 6. The molecule has 8 heterocycles. The smallest absolute Gasteiger partial charge is 0.329 e. The van der Waals surface area contributed by atoms with Crippen LogP contribution in [0.25, 0.3) is 44.2 Å². The lowest BCUT2D eigenvalue weighted by molar-refractivity contribution is -0.135. The van der Waals surface area contributed by atoms with E-state index in [-0.39, 0.29) is 23.9 Å². The fourth-order valence-corrected chi connectivity index (χ4v) is 12.0. The Morgan fingerprint density at radius 2 is 1.53 bits per heavy atom. The number of nitrogens with one attached hydrogen (secondary N) is 2. The largest absolute Gasteiger partial charge is 0.377 e. The zero-order valence-corrected chi connectivity index (χ0v) is 40.7. The number of amides is 3. The quantitative estimate of drug-likeness (QED) is 0.122. The summed E-state index contributed by atoms with van der Waals surface area (Å²) in [5, 5.41) is 3.56. The van der Waals surface area contributed by atoms with Crippen LogP contribution in [0, 0.1) is 11.8 Å². The van der Waals surface area contributed by atoms with Crippen LogP contribution in [0.1, 0.15) is 96.3 Å². The molecular formula is C55H64N10O5. The molecule has 3 aromatic carbocycles. The van der Waals surface area contributed by atoms with Gasteiger partial charge in [-0.1, -0.05) is 24.3 Å². The minimum absolute atomic E-state index is 0.147. The molecule has 4 fully saturated rings. The molecule has 0 bridgehead atoms. The van der Waals surface area contributed by atoms with Gasteiger partial charge in [-0.05, 0) is 166 Å². The highest BCUT2D eigenvalue weighted by Gasteiger charge is 2.32. The van der Waals surface area contributed by atoms with Crippen molar-refractivity contribution in [3.05, 3.63) is 118 Å². The third kappa shape index (κ3) is 9.10. The maximum Gasteiger partial charge on any atom is 0.329 e. The number of hydrogen-bond acceptors (Lipinski definition) is 9. The average molecular weight is 945 g/mol. The van der Waals surface area contributed by atoms with Crippen LogP contribution in [0.4, 0.5) is 0 Å². The molecule has 70 heavy (non-hydrogen) atoms. The van der Waals surface area contributed by atoms with E-state index < -0.39 is 11.9 Å². The lowest BCUT2D eigenvalue weighted by atomic mass is 9.88. The van der Waals surface area contributed by atoms with Crippen molar-refractivity contribution in [1.82, 2.24) is 48.7 Å². The Labute approximate surface area is 407 Å². The Hall–Kier alpha value is -6.42. The highest BCUT2D eigenvalue weighted by atomic mass is 16.5. The Kier molecular flexibility index (Phi) is 12.8. The first-order valence-electron chi connectivity index (χ1n) is 25.4. The van der Waals surface area contributed by atoms with Gasteiger partial charge in [0.2, 0.25) is 11.8 Å². The molecule has 15 heteroatoms. The van der Waals surface area contributed by atoms with Gasteiger partial charge in [-0.3, -0.25) is 33.7 Å². The van der Waals surface area contributed by atoms with Crippen molar-refractivity contribution in [2.45, 2.75) is 82.9 Å². The molecule has 3 amide bonds. The molecule has 0 aliphatic carbocycles. The number of carbonyl (C=O) groups excluding carboxylic acids is 3. The number of aryl methyl sites for hydroxylation is 2. The molecule has 7 aromatic rings. The molecule has 364 valence electrons. The molecule has 2 N–H and O–H groups in total. The Morgan fingerprint density at radius 3 is 2.29 bits per heavy atom. The number of hydrogen-bond donors (Lipinski definition) is 2. The summed E-state index contributed by atoms with van der Waals surface area (Å²) in [5.41, 5.74) is 11.1. The number of rotatable bonds is 12. The summed E-state index contributed by atoms with van der Waals surface area (Å²) in [7, 11) is 5.54. The monoisotopic (exact) mass is 945 g/mol. The predicted octanol–water partition coefficient (Wildman–Crippen LogP) is 7.08. The minimum Gasteiger partial charge on any atom is -0.377 e. The summed E-state index contributed by atoms with van der Waals surface area (Å²) in [4.78, 5) is 71.6. The fraction of sp³-hybridized carbons (Fsp3) is 0.455. The van der Waals surface area contributed by atoms with Crippen molar-refractivity contribution in [3.8, 4) is 11.1 Å². The van der Waals surface area contributed by atoms with E-state index in [1.807, 2.05) is 12.3 Å².